The van der Waals surface area contributed by atoms with Gasteiger partial charge in [0.15, 0.2) is 0 Å². The highest BCUT2D eigenvalue weighted by molar-refractivity contribution is 8.15. The molecule has 115 valence electrons. The number of carbonyl (C=O) groups excluding carboxylic acids is 1. The molecule has 0 aliphatic carbocycles. The molecule has 0 saturated heterocycles. The summed E-state index contributed by atoms with van der Waals surface area (Å²) < 4.78 is 23.2. The molecule has 3 atom stereocenters. The zero-order chi connectivity index (χ0) is 16.4. The predicted octanol–water partition coefficient (Wildman–Crippen LogP) is 2.53. The first-order chi connectivity index (χ1) is 10.6. The lowest BCUT2D eigenvalue weighted by molar-refractivity contribution is -0.118. The topological polar surface area (TPSA) is 44.8 Å². The number of carbonyl (C=O) groups is 1. The Balaban J connectivity index is 2.57. The maximum absolute atomic E-state index is 11.1. The highest BCUT2D eigenvalue weighted by Gasteiger charge is 2.24. The molecule has 0 fully saturated rings. The molecule has 4 nitrogen and oxygen atoms in total. The van der Waals surface area contributed by atoms with Crippen molar-refractivity contribution in [3.8, 4) is 5.75 Å². The van der Waals surface area contributed by atoms with Crippen molar-refractivity contribution in [1.82, 2.24) is 0 Å². The molecule has 0 amide bonds. The van der Waals surface area contributed by atoms with Crippen LogP contribution < -0.4 is 4.74 Å². The van der Waals surface area contributed by atoms with E-state index < -0.39 is 0 Å². The SMILES string of the molecule is [3H][B]SOCC(C)C(OCc1ccc(OC)cc1)C(C)C=O. The lowest BCUT2D eigenvalue weighted by Gasteiger charge is -2.26. The third kappa shape index (κ3) is 6.12. The molecule has 0 bridgehead atoms. The monoisotopic (exact) mass is 311 g/mol. The second-order valence-electron chi connectivity index (χ2n) is 4.98. The van der Waals surface area contributed by atoms with E-state index in [9.17, 15) is 4.79 Å². The summed E-state index contributed by atoms with van der Waals surface area (Å²) in [6.45, 7) is 4.66. The van der Waals surface area contributed by atoms with E-state index >= 15 is 0 Å². The Morgan fingerprint density at radius 2 is 2.10 bits per heavy atom. The number of benzene rings is 1. The summed E-state index contributed by atoms with van der Waals surface area (Å²) in [6.07, 6.45) is 0.671. The number of hydrogen-bond donors (Lipinski definition) is 0. The summed E-state index contributed by atoms with van der Waals surface area (Å²) in [5.41, 5.74) is 1.02. The van der Waals surface area contributed by atoms with Crippen molar-refractivity contribution in [3.63, 3.8) is 0 Å². The van der Waals surface area contributed by atoms with Gasteiger partial charge in [-0.15, -0.1) is 0 Å². The van der Waals surface area contributed by atoms with Gasteiger partial charge in [0.25, 0.3) is 0 Å². The zero-order valence-electron chi connectivity index (χ0n) is 13.7. The highest BCUT2D eigenvalue weighted by Crippen LogP contribution is 2.20. The predicted molar refractivity (Wildman–Crippen MR) is 86.7 cm³/mol. The van der Waals surface area contributed by atoms with E-state index in [0.29, 0.717) is 13.2 Å². The molecule has 0 spiro atoms. The smallest absolute Gasteiger partial charge is 0.209 e. The third-order valence-electron chi connectivity index (χ3n) is 3.29. The van der Waals surface area contributed by atoms with Crippen LogP contribution in [-0.4, -0.2) is 34.5 Å². The average Bonchev–Trinajstić information content (AvgIpc) is 2.55. The molecule has 0 heterocycles. The van der Waals surface area contributed by atoms with Crippen LogP contribution in [0.3, 0.4) is 0 Å². The van der Waals surface area contributed by atoms with Gasteiger partial charge < -0.3 is 18.5 Å². The van der Waals surface area contributed by atoms with E-state index in [0.717, 1.165) is 36.6 Å². The van der Waals surface area contributed by atoms with Gasteiger partial charge >= 0.3 is 0 Å². The van der Waals surface area contributed by atoms with Crippen molar-refractivity contribution in [2.75, 3.05) is 13.7 Å². The summed E-state index contributed by atoms with van der Waals surface area (Å²) >= 11 is 0.976. The van der Waals surface area contributed by atoms with E-state index in [-0.39, 0.29) is 17.9 Å². The fourth-order valence-corrected chi connectivity index (χ4v) is 2.36. The maximum Gasteiger partial charge on any atom is 0.209 e. The molecule has 0 N–H and O–H groups in total. The van der Waals surface area contributed by atoms with Gasteiger partial charge in [-0.1, -0.05) is 37.9 Å². The van der Waals surface area contributed by atoms with Gasteiger partial charge in [0.2, 0.25) is 7.09 Å². The van der Waals surface area contributed by atoms with Gasteiger partial charge in [-0.25, -0.2) is 0 Å². The van der Waals surface area contributed by atoms with Gasteiger partial charge in [-0.2, -0.15) is 0 Å². The Hall–Kier alpha value is -0.975. The van der Waals surface area contributed by atoms with Gasteiger partial charge in [0.1, 0.15) is 12.0 Å². The first-order valence-electron chi connectivity index (χ1n) is 7.38. The van der Waals surface area contributed by atoms with Crippen LogP contribution in [0.2, 0.25) is 0 Å². The summed E-state index contributed by atoms with van der Waals surface area (Å²) in [4.78, 5) is 11.1. The summed E-state index contributed by atoms with van der Waals surface area (Å²) in [5, 5.41) is 0. The minimum absolute atomic E-state index is 0.0471. The largest absolute Gasteiger partial charge is 0.497 e. The molecule has 0 aromatic heterocycles. The first-order valence-corrected chi connectivity index (χ1v) is 7.61. The van der Waals surface area contributed by atoms with E-state index in [2.05, 4.69) is 0 Å². The summed E-state index contributed by atoms with van der Waals surface area (Å²) in [5.74, 6) is 0.625. The van der Waals surface area contributed by atoms with Crippen molar-refractivity contribution < 1.29 is 18.5 Å². The Kier molecular flexibility index (Phi) is 7.71. The molecule has 0 aliphatic rings. The molecule has 21 heavy (non-hydrogen) atoms. The summed E-state index contributed by atoms with van der Waals surface area (Å²) in [7, 11) is 2.75. The first kappa shape index (κ1) is 16.4. The molecule has 1 radical (unpaired) electrons. The lowest BCUT2D eigenvalue weighted by atomic mass is 9.95. The van der Waals surface area contributed by atoms with Gasteiger partial charge in [-0.05, 0) is 19.0 Å². The van der Waals surface area contributed by atoms with Crippen molar-refractivity contribution >= 4 is 25.3 Å². The second-order valence-corrected chi connectivity index (χ2v) is 5.41. The maximum atomic E-state index is 11.1. The number of methoxy groups -OCH3 is 1. The van der Waals surface area contributed by atoms with Crippen LogP contribution in [-0.2, 0) is 20.3 Å². The van der Waals surface area contributed by atoms with Crippen LogP contribution in [0.5, 0.6) is 5.75 Å². The quantitative estimate of drug-likeness (QED) is 0.272. The van der Waals surface area contributed by atoms with Gasteiger partial charge in [0.05, 0.1) is 26.4 Å². The Bertz CT molecular complexity index is 432. The van der Waals surface area contributed by atoms with Gasteiger partial charge in [0, 0.05) is 11.8 Å². The van der Waals surface area contributed by atoms with E-state index in [4.69, 9.17) is 15.0 Å². The fourth-order valence-electron chi connectivity index (χ4n) is 2.07. The fraction of sp³-hybridized carbons (Fsp3) is 0.533. The Morgan fingerprint density at radius 3 is 2.67 bits per heavy atom. The van der Waals surface area contributed by atoms with Crippen molar-refractivity contribution in [3.05, 3.63) is 29.8 Å². The minimum Gasteiger partial charge on any atom is -0.497 e. The van der Waals surface area contributed by atoms with Crippen LogP contribution in [0.1, 0.15) is 19.4 Å². The standard InChI is InChI=1S/C15H22BO4S/c1-11(8-17)15(12(2)9-20-21-16)19-10-13-4-6-14(18-3)7-5-13/h4-8,11-12,15-16H,9-10H2,1-3H3/i16T. The molecule has 1 aromatic carbocycles. The van der Waals surface area contributed by atoms with Crippen LogP contribution in [0, 0.1) is 11.8 Å². The van der Waals surface area contributed by atoms with Crippen molar-refractivity contribution in [2.24, 2.45) is 11.8 Å². The molecule has 0 saturated carbocycles. The van der Waals surface area contributed by atoms with Crippen LogP contribution in [0.15, 0.2) is 24.3 Å². The van der Waals surface area contributed by atoms with Crippen LogP contribution in [0.25, 0.3) is 0 Å². The second kappa shape index (κ2) is 9.87. The number of hydrogen-bond acceptors (Lipinski definition) is 5. The van der Waals surface area contributed by atoms with Crippen molar-refractivity contribution in [1.29, 1.82) is 1.34 Å². The number of ether oxygens (including phenoxy) is 2. The van der Waals surface area contributed by atoms with E-state index in [1.54, 1.807) is 7.11 Å². The Labute approximate surface area is 133 Å². The number of aldehydes is 1. The average molecular weight is 311 g/mol. The molecular formula is C15H22BO4S. The molecule has 1 aromatic rings. The zero-order valence-corrected chi connectivity index (χ0v) is 13.5. The molecular weight excluding hydrogens is 287 g/mol. The van der Waals surface area contributed by atoms with E-state index in [1.165, 1.54) is 0 Å². The molecule has 6 heteroatoms. The molecule has 1 rings (SSSR count). The van der Waals surface area contributed by atoms with Crippen molar-refractivity contribution in [2.45, 2.75) is 26.6 Å². The third-order valence-corrected chi connectivity index (χ3v) is 3.57. The number of rotatable bonds is 11. The minimum atomic E-state index is -0.231. The molecule has 0 aliphatic heterocycles. The Morgan fingerprint density at radius 1 is 1.38 bits per heavy atom. The highest BCUT2D eigenvalue weighted by atomic mass is 32.2. The van der Waals surface area contributed by atoms with Gasteiger partial charge in [-0.3, -0.25) is 0 Å². The van der Waals surface area contributed by atoms with E-state index in [1.807, 2.05) is 38.1 Å². The van der Waals surface area contributed by atoms with Crippen LogP contribution >= 0.6 is 11.9 Å². The van der Waals surface area contributed by atoms with Crippen LogP contribution in [0.4, 0.5) is 0 Å². The molecule has 3 unspecified atom stereocenters. The normalized spacial score (nSPS) is 15.7. The lowest BCUT2D eigenvalue weighted by Crippen LogP contribution is -2.32. The summed E-state index contributed by atoms with van der Waals surface area (Å²) in [6, 6.07) is 7.63.